The number of carbonyl (C=O) groups excluding carboxylic acids is 1. The molecule has 3 rings (SSSR count). The predicted octanol–water partition coefficient (Wildman–Crippen LogP) is 3.97. The summed E-state index contributed by atoms with van der Waals surface area (Å²) in [5, 5.41) is 13.5. The largest absolute Gasteiger partial charge is 0.508 e. The number of halogens is 1. The molecule has 0 aliphatic rings. The minimum Gasteiger partial charge on any atom is -0.508 e. The Balaban J connectivity index is 1.94. The SMILES string of the molecule is COc1cc(OC)c(NC(=O)Cc2c(C)c3ccc(O)c(C)c3oc2=O)cc1Cl. The molecule has 8 heteroatoms. The summed E-state index contributed by atoms with van der Waals surface area (Å²) < 4.78 is 15.8. The second kappa shape index (κ2) is 8.05. The molecular weight excluding hydrogens is 398 g/mol. The van der Waals surface area contributed by atoms with E-state index < -0.39 is 11.5 Å². The zero-order chi connectivity index (χ0) is 21.3. The van der Waals surface area contributed by atoms with Gasteiger partial charge in [-0.15, -0.1) is 0 Å². The molecule has 0 aliphatic heterocycles. The predicted molar refractivity (Wildman–Crippen MR) is 111 cm³/mol. The van der Waals surface area contributed by atoms with E-state index in [4.69, 9.17) is 25.5 Å². The molecule has 29 heavy (non-hydrogen) atoms. The van der Waals surface area contributed by atoms with Gasteiger partial charge >= 0.3 is 5.63 Å². The Kier molecular flexibility index (Phi) is 5.70. The van der Waals surface area contributed by atoms with Crippen LogP contribution in [-0.2, 0) is 11.2 Å². The van der Waals surface area contributed by atoms with Gasteiger partial charge in [0, 0.05) is 17.0 Å². The number of amides is 1. The minimum atomic E-state index is -0.626. The van der Waals surface area contributed by atoms with Gasteiger partial charge in [-0.05, 0) is 37.6 Å². The molecule has 0 fully saturated rings. The molecule has 2 aromatic carbocycles. The van der Waals surface area contributed by atoms with Crippen LogP contribution in [-0.4, -0.2) is 25.2 Å². The highest BCUT2D eigenvalue weighted by Gasteiger charge is 2.18. The molecule has 0 saturated carbocycles. The third-order valence-electron chi connectivity index (χ3n) is 4.76. The van der Waals surface area contributed by atoms with Crippen molar-refractivity contribution in [1.29, 1.82) is 0 Å². The van der Waals surface area contributed by atoms with Crippen LogP contribution in [0.1, 0.15) is 16.7 Å². The van der Waals surface area contributed by atoms with E-state index in [2.05, 4.69) is 5.32 Å². The molecule has 0 radical (unpaired) electrons. The summed E-state index contributed by atoms with van der Waals surface area (Å²) in [5.74, 6) is 0.378. The minimum absolute atomic E-state index is 0.0361. The van der Waals surface area contributed by atoms with Crippen LogP contribution in [0.25, 0.3) is 11.0 Å². The molecule has 152 valence electrons. The number of ether oxygens (including phenoxy) is 2. The summed E-state index contributed by atoms with van der Waals surface area (Å²) in [6.07, 6.45) is -0.198. The van der Waals surface area contributed by atoms with Gasteiger partial charge in [0.25, 0.3) is 0 Å². The number of nitrogens with one attached hydrogen (secondary N) is 1. The summed E-state index contributed by atoms with van der Waals surface area (Å²) in [7, 11) is 2.93. The van der Waals surface area contributed by atoms with Crippen LogP contribution in [0, 0.1) is 13.8 Å². The molecule has 1 aromatic heterocycles. The second-order valence-electron chi connectivity index (χ2n) is 6.49. The van der Waals surface area contributed by atoms with Crippen molar-refractivity contribution in [3.63, 3.8) is 0 Å². The number of hydrogen-bond acceptors (Lipinski definition) is 6. The highest BCUT2D eigenvalue weighted by molar-refractivity contribution is 6.32. The van der Waals surface area contributed by atoms with E-state index in [0.717, 1.165) is 0 Å². The number of aromatic hydroxyl groups is 1. The topological polar surface area (TPSA) is 98.0 Å². The van der Waals surface area contributed by atoms with Gasteiger partial charge in [0.2, 0.25) is 5.91 Å². The number of methoxy groups -OCH3 is 2. The maximum atomic E-state index is 12.6. The number of phenols is 1. The molecule has 3 aromatic rings. The van der Waals surface area contributed by atoms with E-state index in [1.54, 1.807) is 26.0 Å². The molecule has 0 atom stereocenters. The van der Waals surface area contributed by atoms with Crippen LogP contribution in [0.3, 0.4) is 0 Å². The number of aryl methyl sites for hydroxylation is 2. The van der Waals surface area contributed by atoms with Gasteiger partial charge in [-0.2, -0.15) is 0 Å². The maximum Gasteiger partial charge on any atom is 0.340 e. The quantitative estimate of drug-likeness (QED) is 0.609. The first-order chi connectivity index (χ1) is 13.8. The number of anilines is 1. The highest BCUT2D eigenvalue weighted by Crippen LogP contribution is 2.36. The van der Waals surface area contributed by atoms with Crippen LogP contribution in [0.15, 0.2) is 33.5 Å². The number of rotatable bonds is 5. The molecule has 0 saturated heterocycles. The van der Waals surface area contributed by atoms with Crippen molar-refractivity contribution < 1.29 is 23.8 Å². The fourth-order valence-corrected chi connectivity index (χ4v) is 3.34. The Morgan fingerprint density at radius 1 is 1.14 bits per heavy atom. The summed E-state index contributed by atoms with van der Waals surface area (Å²) >= 11 is 6.13. The average Bonchev–Trinajstić information content (AvgIpc) is 2.68. The Morgan fingerprint density at radius 2 is 1.83 bits per heavy atom. The van der Waals surface area contributed by atoms with E-state index in [9.17, 15) is 14.7 Å². The average molecular weight is 418 g/mol. The molecule has 0 spiro atoms. The highest BCUT2D eigenvalue weighted by atomic mass is 35.5. The standard InChI is InChI=1S/C21H20ClNO6/c1-10-12-5-6-16(24)11(2)20(12)29-21(26)13(10)7-19(25)23-15-8-14(22)17(27-3)9-18(15)28-4/h5-6,8-9,24H,7H2,1-4H3,(H,23,25). The number of benzene rings is 2. The van der Waals surface area contributed by atoms with Crippen LogP contribution in [0.5, 0.6) is 17.2 Å². The van der Waals surface area contributed by atoms with Crippen LogP contribution >= 0.6 is 11.6 Å². The third kappa shape index (κ3) is 3.86. The Labute approximate surface area is 171 Å². The van der Waals surface area contributed by atoms with Gasteiger partial charge in [-0.3, -0.25) is 4.79 Å². The Hall–Kier alpha value is -3.19. The Morgan fingerprint density at radius 3 is 2.48 bits per heavy atom. The summed E-state index contributed by atoms with van der Waals surface area (Å²) in [5.41, 5.74) is 1.36. The van der Waals surface area contributed by atoms with Crippen molar-refractivity contribution >= 4 is 34.2 Å². The number of fused-ring (bicyclic) bond motifs is 1. The molecule has 0 unspecified atom stereocenters. The lowest BCUT2D eigenvalue weighted by Gasteiger charge is -2.14. The van der Waals surface area contributed by atoms with Crippen LogP contribution < -0.4 is 20.4 Å². The van der Waals surface area contributed by atoms with Crippen molar-refractivity contribution in [3.8, 4) is 17.2 Å². The van der Waals surface area contributed by atoms with E-state index >= 15 is 0 Å². The smallest absolute Gasteiger partial charge is 0.340 e. The van der Waals surface area contributed by atoms with Gasteiger partial charge in [-0.1, -0.05) is 11.6 Å². The molecule has 0 aliphatic carbocycles. The normalized spacial score (nSPS) is 10.8. The first-order valence-corrected chi connectivity index (χ1v) is 9.10. The number of carbonyl (C=O) groups is 1. The Bertz CT molecular complexity index is 1170. The second-order valence-corrected chi connectivity index (χ2v) is 6.90. The van der Waals surface area contributed by atoms with Gasteiger partial charge < -0.3 is 24.3 Å². The van der Waals surface area contributed by atoms with Gasteiger partial charge in [0.05, 0.1) is 36.9 Å². The van der Waals surface area contributed by atoms with Crippen molar-refractivity contribution in [2.24, 2.45) is 0 Å². The lowest BCUT2D eigenvalue weighted by atomic mass is 10.0. The van der Waals surface area contributed by atoms with Crippen LogP contribution in [0.2, 0.25) is 5.02 Å². The van der Waals surface area contributed by atoms with Crippen LogP contribution in [0.4, 0.5) is 5.69 Å². The molecule has 1 heterocycles. The van der Waals surface area contributed by atoms with E-state index in [0.29, 0.717) is 44.3 Å². The van der Waals surface area contributed by atoms with Crippen molar-refractivity contribution in [2.75, 3.05) is 19.5 Å². The number of hydrogen-bond donors (Lipinski definition) is 2. The van der Waals surface area contributed by atoms with E-state index in [1.807, 2.05) is 0 Å². The van der Waals surface area contributed by atoms with Gasteiger partial charge in [-0.25, -0.2) is 4.79 Å². The molecule has 7 nitrogen and oxygen atoms in total. The number of phenolic OH excluding ortho intramolecular Hbond substituents is 1. The molecule has 0 bridgehead atoms. The lowest BCUT2D eigenvalue weighted by Crippen LogP contribution is -2.21. The lowest BCUT2D eigenvalue weighted by molar-refractivity contribution is -0.115. The van der Waals surface area contributed by atoms with Crippen molar-refractivity contribution in [3.05, 3.63) is 56.4 Å². The van der Waals surface area contributed by atoms with E-state index in [-0.39, 0.29) is 17.7 Å². The first-order valence-electron chi connectivity index (χ1n) is 8.73. The fourth-order valence-electron chi connectivity index (χ4n) is 3.10. The summed E-state index contributed by atoms with van der Waals surface area (Å²) in [6.45, 7) is 3.40. The molecule has 2 N–H and O–H groups in total. The summed E-state index contributed by atoms with van der Waals surface area (Å²) in [4.78, 5) is 25.1. The van der Waals surface area contributed by atoms with Crippen molar-refractivity contribution in [2.45, 2.75) is 20.3 Å². The fraction of sp³-hybridized carbons (Fsp3) is 0.238. The molecular formula is C21H20ClNO6. The zero-order valence-electron chi connectivity index (χ0n) is 16.4. The molecule has 1 amide bonds. The maximum absolute atomic E-state index is 12.6. The van der Waals surface area contributed by atoms with E-state index in [1.165, 1.54) is 26.4 Å². The zero-order valence-corrected chi connectivity index (χ0v) is 17.1. The van der Waals surface area contributed by atoms with Gasteiger partial charge in [0.15, 0.2) is 0 Å². The monoisotopic (exact) mass is 417 g/mol. The van der Waals surface area contributed by atoms with Crippen molar-refractivity contribution in [1.82, 2.24) is 0 Å². The van der Waals surface area contributed by atoms with Gasteiger partial charge in [0.1, 0.15) is 22.8 Å². The first kappa shape index (κ1) is 20.5. The summed E-state index contributed by atoms with van der Waals surface area (Å²) in [6, 6.07) is 6.25. The third-order valence-corrected chi connectivity index (χ3v) is 5.06.